The van der Waals surface area contributed by atoms with Crippen molar-refractivity contribution >= 4 is 57.5 Å². The van der Waals surface area contributed by atoms with Crippen LogP contribution in [0.3, 0.4) is 0 Å². The highest BCUT2D eigenvalue weighted by Gasteiger charge is 2.42. The van der Waals surface area contributed by atoms with E-state index in [-0.39, 0.29) is 43.1 Å². The molecule has 0 aromatic heterocycles. The van der Waals surface area contributed by atoms with Gasteiger partial charge in [-0.05, 0) is 109 Å². The lowest BCUT2D eigenvalue weighted by Gasteiger charge is -2.29. The quantitative estimate of drug-likeness (QED) is 0.193. The van der Waals surface area contributed by atoms with E-state index >= 15 is 0 Å². The molecule has 0 radical (unpaired) electrons. The number of aliphatic imine (C=N–C) groups is 2. The van der Waals surface area contributed by atoms with Gasteiger partial charge in [0.2, 0.25) is 0 Å². The molecule has 0 bridgehead atoms. The Morgan fingerprint density at radius 2 is 0.720 bits per heavy atom. The van der Waals surface area contributed by atoms with E-state index in [0.29, 0.717) is 0 Å². The maximum atomic E-state index is 14.4. The Morgan fingerprint density at radius 1 is 0.460 bits per heavy atom. The number of rotatable bonds is 6. The van der Waals surface area contributed by atoms with Gasteiger partial charge in [-0.1, -0.05) is 62.0 Å². The summed E-state index contributed by atoms with van der Waals surface area (Å²) in [5.74, 6) is -3.18. The van der Waals surface area contributed by atoms with Crippen molar-refractivity contribution in [2.75, 3.05) is 0 Å². The third-order valence-electron chi connectivity index (χ3n) is 7.40. The van der Waals surface area contributed by atoms with E-state index in [0.717, 1.165) is 87.7 Å². The van der Waals surface area contributed by atoms with E-state index < -0.39 is 46.3 Å². The first kappa shape index (κ1) is 41.8. The fraction of sp³-hybridized carbons (Fsp3) is 0.737. The van der Waals surface area contributed by atoms with Crippen LogP contribution in [0.15, 0.2) is 30.9 Å². The van der Waals surface area contributed by atoms with Crippen molar-refractivity contribution in [3.63, 3.8) is 0 Å². The third kappa shape index (κ3) is 13.5. The molecule has 2 saturated carbocycles. The topological polar surface area (TPSA) is 130 Å². The van der Waals surface area contributed by atoms with Crippen LogP contribution >= 0.6 is 23.5 Å². The second-order valence-corrected chi connectivity index (χ2v) is 19.1. The van der Waals surface area contributed by atoms with Crippen LogP contribution in [0.4, 0.5) is 0 Å². The standard InChI is InChI=1S/C38H58N2O8S2/c1-35(2,3)45-31(41)25-27(33(43)47-37(7,8)9)49-30(40-24-21-17-14-18-22-24)26(32(42)46-36(4,5)6)28(34(44)48-38(10,11)12)50-29(25)39-23-19-15-13-16-20-23/h23-24H,13-22H2,1-12H3/b27-25+,28-26+,39-29?,40-30?. The van der Waals surface area contributed by atoms with Gasteiger partial charge in [-0.3, -0.25) is 9.98 Å². The molecule has 0 unspecified atom stereocenters. The SMILES string of the molecule is CC(C)(C)OC(=O)/C1=C(\C(=O)OC(C)(C)C)C(=NC2CCCCC2)S/C(C(=O)OC(C)(C)C)=C(/C(=O)OC(C)(C)C)C(=NC2CCCCC2)S1. The Bertz CT molecular complexity index is 1310. The fourth-order valence-corrected chi connectivity index (χ4v) is 7.79. The number of hydrogen-bond donors (Lipinski definition) is 0. The molecule has 2 aliphatic carbocycles. The minimum absolute atomic E-state index is 0.0816. The highest BCUT2D eigenvalue weighted by Crippen LogP contribution is 2.42. The van der Waals surface area contributed by atoms with Crippen molar-refractivity contribution < 1.29 is 38.1 Å². The van der Waals surface area contributed by atoms with E-state index in [1.165, 1.54) is 0 Å². The Labute approximate surface area is 307 Å². The molecule has 0 amide bonds. The van der Waals surface area contributed by atoms with Gasteiger partial charge in [0.05, 0.1) is 12.1 Å². The van der Waals surface area contributed by atoms with Gasteiger partial charge in [0.1, 0.15) is 53.4 Å². The first-order valence-electron chi connectivity index (χ1n) is 17.9. The van der Waals surface area contributed by atoms with Gasteiger partial charge in [-0.25, -0.2) is 19.2 Å². The highest BCUT2D eigenvalue weighted by atomic mass is 32.2. The van der Waals surface area contributed by atoms with Gasteiger partial charge in [0, 0.05) is 0 Å². The van der Waals surface area contributed by atoms with Crippen LogP contribution < -0.4 is 0 Å². The second kappa shape index (κ2) is 16.8. The van der Waals surface area contributed by atoms with E-state index in [4.69, 9.17) is 28.9 Å². The summed E-state index contributed by atoms with van der Waals surface area (Å²) in [6.07, 6.45) is 8.97. The summed E-state index contributed by atoms with van der Waals surface area (Å²) in [5, 5.41) is 0.163. The first-order valence-corrected chi connectivity index (χ1v) is 19.5. The second-order valence-electron chi connectivity index (χ2n) is 17.1. The summed E-state index contributed by atoms with van der Waals surface area (Å²) in [5.41, 5.74) is -3.97. The minimum Gasteiger partial charge on any atom is -0.456 e. The predicted octanol–water partition coefficient (Wildman–Crippen LogP) is 8.80. The molecule has 0 N–H and O–H groups in total. The molecule has 12 heteroatoms. The fourth-order valence-electron chi connectivity index (χ4n) is 5.48. The summed E-state index contributed by atoms with van der Waals surface area (Å²) in [6, 6.07) is -0.374. The zero-order valence-electron chi connectivity index (χ0n) is 32.2. The van der Waals surface area contributed by atoms with Crippen LogP contribution in [0.2, 0.25) is 0 Å². The van der Waals surface area contributed by atoms with Crippen molar-refractivity contribution in [2.45, 2.75) is 182 Å². The molecule has 50 heavy (non-hydrogen) atoms. The molecular formula is C38H58N2O8S2. The number of ether oxygens (including phenoxy) is 4. The Kier molecular flexibility index (Phi) is 14.1. The average molecular weight is 735 g/mol. The maximum absolute atomic E-state index is 14.4. The van der Waals surface area contributed by atoms with Crippen molar-refractivity contribution in [1.82, 2.24) is 0 Å². The van der Waals surface area contributed by atoms with E-state index in [9.17, 15) is 19.2 Å². The van der Waals surface area contributed by atoms with E-state index in [1.807, 2.05) is 0 Å². The summed E-state index contributed by atoms with van der Waals surface area (Å²) in [7, 11) is 0. The van der Waals surface area contributed by atoms with Crippen LogP contribution in [0.25, 0.3) is 0 Å². The number of thioether (sulfide) groups is 2. The average Bonchev–Trinajstić information content (AvgIpc) is 2.92. The summed E-state index contributed by atoms with van der Waals surface area (Å²) in [4.78, 5) is 67.2. The van der Waals surface area contributed by atoms with Crippen LogP contribution in [-0.4, -0.2) is 68.5 Å². The normalized spacial score (nSPS) is 24.0. The van der Waals surface area contributed by atoms with Gasteiger partial charge in [0.25, 0.3) is 0 Å². The summed E-state index contributed by atoms with van der Waals surface area (Å²) in [6.45, 7) is 20.9. The molecule has 3 rings (SSSR count). The molecule has 0 aromatic carbocycles. The number of carbonyl (C=O) groups excluding carboxylic acids is 4. The third-order valence-corrected chi connectivity index (χ3v) is 9.56. The predicted molar refractivity (Wildman–Crippen MR) is 201 cm³/mol. The van der Waals surface area contributed by atoms with Gasteiger partial charge < -0.3 is 18.9 Å². The Hall–Kier alpha value is -2.60. The zero-order valence-corrected chi connectivity index (χ0v) is 33.8. The molecule has 2 fully saturated rings. The van der Waals surface area contributed by atoms with E-state index in [1.54, 1.807) is 83.1 Å². The van der Waals surface area contributed by atoms with Crippen molar-refractivity contribution in [1.29, 1.82) is 0 Å². The molecule has 0 saturated heterocycles. The molecule has 0 aromatic rings. The number of hydrogen-bond acceptors (Lipinski definition) is 12. The molecule has 0 spiro atoms. The van der Waals surface area contributed by atoms with Gasteiger partial charge >= 0.3 is 23.9 Å². The lowest BCUT2D eigenvalue weighted by Crippen LogP contribution is -2.34. The van der Waals surface area contributed by atoms with Crippen LogP contribution in [0.5, 0.6) is 0 Å². The molecular weight excluding hydrogens is 677 g/mol. The number of carbonyl (C=O) groups is 4. The Balaban J connectivity index is 2.51. The largest absolute Gasteiger partial charge is 0.456 e. The first-order chi connectivity index (χ1) is 22.9. The summed E-state index contributed by atoms with van der Waals surface area (Å²) < 4.78 is 23.7. The molecule has 0 atom stereocenters. The van der Waals surface area contributed by atoms with Crippen molar-refractivity contribution in [2.24, 2.45) is 9.98 Å². The monoisotopic (exact) mass is 734 g/mol. The maximum Gasteiger partial charge on any atom is 0.346 e. The van der Waals surface area contributed by atoms with Gasteiger partial charge in [-0.15, -0.1) is 0 Å². The molecule has 1 heterocycles. The highest BCUT2D eigenvalue weighted by molar-refractivity contribution is 8.21. The molecule has 10 nitrogen and oxygen atoms in total. The van der Waals surface area contributed by atoms with Crippen molar-refractivity contribution in [3.8, 4) is 0 Å². The minimum atomic E-state index is -0.929. The lowest BCUT2D eigenvalue weighted by atomic mass is 9.96. The van der Waals surface area contributed by atoms with Gasteiger partial charge in [-0.2, -0.15) is 0 Å². The number of esters is 4. The van der Waals surface area contributed by atoms with Gasteiger partial charge in [0.15, 0.2) is 0 Å². The molecule has 1 aliphatic heterocycles. The molecule has 280 valence electrons. The van der Waals surface area contributed by atoms with Crippen LogP contribution in [-0.2, 0) is 38.1 Å². The van der Waals surface area contributed by atoms with Crippen LogP contribution in [0, 0.1) is 0 Å². The number of nitrogens with zero attached hydrogens (tertiary/aromatic N) is 2. The van der Waals surface area contributed by atoms with Crippen molar-refractivity contribution in [3.05, 3.63) is 21.0 Å². The van der Waals surface area contributed by atoms with E-state index in [2.05, 4.69) is 0 Å². The molecule has 3 aliphatic rings. The smallest absolute Gasteiger partial charge is 0.346 e. The summed E-state index contributed by atoms with van der Waals surface area (Å²) >= 11 is 1.66. The lowest BCUT2D eigenvalue weighted by molar-refractivity contribution is -0.152. The zero-order chi connectivity index (χ0) is 37.7. The Morgan fingerprint density at radius 3 is 0.980 bits per heavy atom. The van der Waals surface area contributed by atoms with Crippen LogP contribution in [0.1, 0.15) is 147 Å².